The third kappa shape index (κ3) is 8.42. The zero-order chi connectivity index (χ0) is 16.6. The Morgan fingerprint density at radius 1 is 1.22 bits per heavy atom. The molecule has 1 aromatic rings. The molecule has 0 atom stereocenters. The molecule has 3 amide bonds. The number of carbonyl (C=O) groups is 2. The molecule has 0 aliphatic carbocycles. The maximum Gasteiger partial charge on any atom is 0.317 e. The predicted molar refractivity (Wildman–Crippen MR) is 94.4 cm³/mol. The summed E-state index contributed by atoms with van der Waals surface area (Å²) in [7, 11) is 1.72. The summed E-state index contributed by atoms with van der Waals surface area (Å²) in [6.07, 6.45) is 0.231. The fourth-order valence-electron chi connectivity index (χ4n) is 1.84. The van der Waals surface area contributed by atoms with E-state index in [1.807, 2.05) is 44.2 Å². The van der Waals surface area contributed by atoms with Crippen LogP contribution in [-0.2, 0) is 11.3 Å². The van der Waals surface area contributed by atoms with Gasteiger partial charge in [-0.3, -0.25) is 4.79 Å². The Kier molecular flexibility index (Phi) is 9.29. The molecule has 0 radical (unpaired) electrons. The highest BCUT2D eigenvalue weighted by Crippen LogP contribution is 2.02. The minimum absolute atomic E-state index is 0. The number of amides is 3. The van der Waals surface area contributed by atoms with E-state index in [2.05, 4.69) is 10.6 Å². The SMILES string of the molecule is CN(Cc1ccccc1)C(=O)NCCC(=O)NC(C)(C)CN.Cl. The van der Waals surface area contributed by atoms with E-state index in [-0.39, 0.29) is 30.8 Å². The molecule has 1 aromatic carbocycles. The number of carbonyl (C=O) groups excluding carboxylic acids is 2. The van der Waals surface area contributed by atoms with Gasteiger partial charge in [0.15, 0.2) is 0 Å². The topological polar surface area (TPSA) is 87.5 Å². The number of urea groups is 1. The minimum Gasteiger partial charge on any atom is -0.350 e. The van der Waals surface area contributed by atoms with Gasteiger partial charge in [-0.2, -0.15) is 0 Å². The van der Waals surface area contributed by atoms with Gasteiger partial charge in [0.2, 0.25) is 5.91 Å². The van der Waals surface area contributed by atoms with Gasteiger partial charge in [0.25, 0.3) is 0 Å². The van der Waals surface area contributed by atoms with E-state index in [1.54, 1.807) is 11.9 Å². The Hall–Kier alpha value is -1.79. The van der Waals surface area contributed by atoms with Gasteiger partial charge in [0.05, 0.1) is 0 Å². The van der Waals surface area contributed by atoms with Crippen LogP contribution >= 0.6 is 12.4 Å². The molecule has 0 bridgehead atoms. The maximum absolute atomic E-state index is 11.9. The van der Waals surface area contributed by atoms with Crippen molar-refractivity contribution >= 4 is 24.3 Å². The van der Waals surface area contributed by atoms with Crippen LogP contribution in [0.3, 0.4) is 0 Å². The molecule has 0 saturated heterocycles. The molecule has 0 fully saturated rings. The normalized spacial score (nSPS) is 10.4. The molecule has 6 nitrogen and oxygen atoms in total. The van der Waals surface area contributed by atoms with Crippen molar-refractivity contribution in [3.8, 4) is 0 Å². The standard InChI is InChI=1S/C16H26N4O2.ClH/c1-16(2,12-17)19-14(21)9-10-18-15(22)20(3)11-13-7-5-4-6-8-13;/h4-8H,9-12,17H2,1-3H3,(H,18,22)(H,19,21);1H. The highest BCUT2D eigenvalue weighted by molar-refractivity contribution is 5.85. The molecule has 0 aromatic heterocycles. The molecule has 4 N–H and O–H groups in total. The monoisotopic (exact) mass is 342 g/mol. The lowest BCUT2D eigenvalue weighted by atomic mass is 10.1. The second-order valence-corrected chi connectivity index (χ2v) is 5.96. The van der Waals surface area contributed by atoms with Crippen molar-refractivity contribution in [3.05, 3.63) is 35.9 Å². The lowest BCUT2D eigenvalue weighted by molar-refractivity contribution is -0.122. The van der Waals surface area contributed by atoms with Crippen LogP contribution in [0.1, 0.15) is 25.8 Å². The number of nitrogens with two attached hydrogens (primary N) is 1. The second kappa shape index (κ2) is 10.1. The van der Waals surface area contributed by atoms with E-state index in [0.29, 0.717) is 19.6 Å². The van der Waals surface area contributed by atoms with Crippen LogP contribution in [0.4, 0.5) is 4.79 Å². The number of halogens is 1. The molecule has 0 aliphatic rings. The van der Waals surface area contributed by atoms with Crippen molar-refractivity contribution < 1.29 is 9.59 Å². The summed E-state index contributed by atoms with van der Waals surface area (Å²) in [5.74, 6) is -0.124. The van der Waals surface area contributed by atoms with Crippen molar-refractivity contribution in [2.75, 3.05) is 20.1 Å². The van der Waals surface area contributed by atoms with Crippen molar-refractivity contribution in [2.24, 2.45) is 5.73 Å². The van der Waals surface area contributed by atoms with Crippen LogP contribution in [0.2, 0.25) is 0 Å². The number of rotatable bonds is 7. The number of hydrogen-bond acceptors (Lipinski definition) is 3. The fourth-order valence-corrected chi connectivity index (χ4v) is 1.84. The van der Waals surface area contributed by atoms with Crippen LogP contribution < -0.4 is 16.4 Å². The van der Waals surface area contributed by atoms with E-state index in [4.69, 9.17) is 5.73 Å². The Bertz CT molecular complexity index is 494. The van der Waals surface area contributed by atoms with E-state index in [1.165, 1.54) is 0 Å². The average Bonchev–Trinajstić information content (AvgIpc) is 2.47. The van der Waals surface area contributed by atoms with E-state index in [0.717, 1.165) is 5.56 Å². The Morgan fingerprint density at radius 2 is 1.83 bits per heavy atom. The third-order valence-corrected chi connectivity index (χ3v) is 3.23. The molecule has 0 unspecified atom stereocenters. The predicted octanol–water partition coefficient (Wildman–Crippen LogP) is 1.49. The van der Waals surface area contributed by atoms with Gasteiger partial charge in [-0.25, -0.2) is 4.79 Å². The van der Waals surface area contributed by atoms with Gasteiger partial charge < -0.3 is 21.3 Å². The summed E-state index contributed by atoms with van der Waals surface area (Å²) >= 11 is 0. The summed E-state index contributed by atoms with van der Waals surface area (Å²) in [6, 6.07) is 9.54. The zero-order valence-electron chi connectivity index (χ0n) is 14.0. The van der Waals surface area contributed by atoms with Gasteiger partial charge in [0, 0.05) is 38.6 Å². The largest absolute Gasteiger partial charge is 0.350 e. The number of hydrogen-bond donors (Lipinski definition) is 3. The summed E-state index contributed by atoms with van der Waals surface area (Å²) in [6.45, 7) is 4.91. The average molecular weight is 343 g/mol. The molecule has 1 rings (SSSR count). The van der Waals surface area contributed by atoms with Gasteiger partial charge >= 0.3 is 6.03 Å². The third-order valence-electron chi connectivity index (χ3n) is 3.23. The molecule has 130 valence electrons. The Labute approximate surface area is 144 Å². The van der Waals surface area contributed by atoms with Crippen LogP contribution in [-0.4, -0.2) is 42.5 Å². The molecule has 0 heterocycles. The lowest BCUT2D eigenvalue weighted by Crippen LogP contribution is -2.49. The van der Waals surface area contributed by atoms with Crippen molar-refractivity contribution in [3.63, 3.8) is 0 Å². The minimum atomic E-state index is -0.425. The molecule has 0 aliphatic heterocycles. The van der Waals surface area contributed by atoms with Crippen molar-refractivity contribution in [1.29, 1.82) is 0 Å². The van der Waals surface area contributed by atoms with E-state index < -0.39 is 5.54 Å². The fraction of sp³-hybridized carbons (Fsp3) is 0.500. The highest BCUT2D eigenvalue weighted by atomic mass is 35.5. The first-order chi connectivity index (χ1) is 10.3. The molecular weight excluding hydrogens is 316 g/mol. The van der Waals surface area contributed by atoms with Gasteiger partial charge in [-0.1, -0.05) is 30.3 Å². The first-order valence-electron chi connectivity index (χ1n) is 7.38. The second-order valence-electron chi connectivity index (χ2n) is 5.96. The van der Waals surface area contributed by atoms with Crippen LogP contribution in [0.5, 0.6) is 0 Å². The first kappa shape index (κ1) is 21.2. The number of nitrogens with zero attached hydrogens (tertiary/aromatic N) is 1. The quantitative estimate of drug-likeness (QED) is 0.701. The van der Waals surface area contributed by atoms with Gasteiger partial charge in [0.1, 0.15) is 0 Å². The molecule has 0 saturated carbocycles. The molecule has 0 spiro atoms. The number of nitrogens with one attached hydrogen (secondary N) is 2. The number of benzene rings is 1. The zero-order valence-corrected chi connectivity index (χ0v) is 14.8. The summed E-state index contributed by atoms with van der Waals surface area (Å²) < 4.78 is 0. The molecule has 23 heavy (non-hydrogen) atoms. The van der Waals surface area contributed by atoms with Gasteiger partial charge in [-0.15, -0.1) is 12.4 Å². The smallest absolute Gasteiger partial charge is 0.317 e. The molecular formula is C16H27ClN4O2. The van der Waals surface area contributed by atoms with Gasteiger partial charge in [-0.05, 0) is 19.4 Å². The van der Waals surface area contributed by atoms with Crippen LogP contribution in [0.25, 0.3) is 0 Å². The molecule has 7 heteroatoms. The first-order valence-corrected chi connectivity index (χ1v) is 7.38. The Morgan fingerprint density at radius 3 is 2.39 bits per heavy atom. The van der Waals surface area contributed by atoms with Crippen molar-refractivity contribution in [1.82, 2.24) is 15.5 Å². The maximum atomic E-state index is 11.9. The van der Waals surface area contributed by atoms with Crippen LogP contribution in [0.15, 0.2) is 30.3 Å². The lowest BCUT2D eigenvalue weighted by Gasteiger charge is -2.24. The highest BCUT2D eigenvalue weighted by Gasteiger charge is 2.18. The van der Waals surface area contributed by atoms with Crippen LogP contribution in [0, 0.1) is 0 Å². The van der Waals surface area contributed by atoms with E-state index >= 15 is 0 Å². The summed E-state index contributed by atoms with van der Waals surface area (Å²) in [5.41, 5.74) is 6.19. The Balaban J connectivity index is 0.00000484. The summed E-state index contributed by atoms with van der Waals surface area (Å²) in [5, 5.41) is 5.55. The van der Waals surface area contributed by atoms with E-state index in [9.17, 15) is 9.59 Å². The summed E-state index contributed by atoms with van der Waals surface area (Å²) in [4.78, 5) is 25.2. The van der Waals surface area contributed by atoms with Crippen molar-refractivity contribution in [2.45, 2.75) is 32.4 Å².